The van der Waals surface area contributed by atoms with Crippen LogP contribution in [0.1, 0.15) is 49.4 Å². The zero-order valence-corrected chi connectivity index (χ0v) is 12.3. The lowest BCUT2D eigenvalue weighted by Gasteiger charge is -2.14. The standard InChI is InChI=1S/C15H20ClN3/c1-10-7-8-17-15-13(10)18-14(11(2)16)19(15)9-12-5-3-4-6-12/h7-8,11-12H,3-6,9H2,1-2H3. The van der Waals surface area contributed by atoms with Crippen LogP contribution in [0, 0.1) is 12.8 Å². The van der Waals surface area contributed by atoms with Gasteiger partial charge in [0.2, 0.25) is 0 Å². The molecule has 0 bridgehead atoms. The lowest BCUT2D eigenvalue weighted by atomic mass is 10.1. The molecule has 1 fully saturated rings. The second kappa shape index (κ2) is 5.12. The van der Waals surface area contributed by atoms with E-state index in [0.717, 1.165) is 29.5 Å². The van der Waals surface area contributed by atoms with Crippen LogP contribution in [0.4, 0.5) is 0 Å². The van der Waals surface area contributed by atoms with Crippen LogP contribution in [0.3, 0.4) is 0 Å². The molecule has 1 aliphatic rings. The largest absolute Gasteiger partial charge is 0.311 e. The van der Waals surface area contributed by atoms with Crippen molar-refractivity contribution in [3.63, 3.8) is 0 Å². The predicted octanol–water partition coefficient (Wildman–Crippen LogP) is 4.23. The molecule has 0 aliphatic heterocycles. The molecule has 4 heteroatoms. The zero-order valence-electron chi connectivity index (χ0n) is 11.6. The molecule has 2 aromatic heterocycles. The Hall–Kier alpha value is -1.09. The van der Waals surface area contributed by atoms with Gasteiger partial charge < -0.3 is 4.57 Å². The summed E-state index contributed by atoms with van der Waals surface area (Å²) in [6.45, 7) is 5.09. The van der Waals surface area contributed by atoms with Crippen molar-refractivity contribution < 1.29 is 0 Å². The maximum Gasteiger partial charge on any atom is 0.160 e. The molecule has 2 aromatic rings. The van der Waals surface area contributed by atoms with Gasteiger partial charge in [0, 0.05) is 12.7 Å². The quantitative estimate of drug-likeness (QED) is 0.786. The highest BCUT2D eigenvalue weighted by Gasteiger charge is 2.22. The van der Waals surface area contributed by atoms with Gasteiger partial charge in [-0.1, -0.05) is 12.8 Å². The van der Waals surface area contributed by atoms with Gasteiger partial charge in [0.1, 0.15) is 11.3 Å². The molecule has 2 heterocycles. The second-order valence-corrected chi connectivity index (χ2v) is 6.30. The summed E-state index contributed by atoms with van der Waals surface area (Å²) in [5.74, 6) is 1.72. The molecule has 0 N–H and O–H groups in total. The van der Waals surface area contributed by atoms with Gasteiger partial charge in [-0.05, 0) is 44.2 Å². The van der Waals surface area contributed by atoms with Crippen molar-refractivity contribution in [3.05, 3.63) is 23.7 Å². The molecular formula is C15H20ClN3. The van der Waals surface area contributed by atoms with Gasteiger partial charge in [-0.15, -0.1) is 11.6 Å². The van der Waals surface area contributed by atoms with Crippen molar-refractivity contribution >= 4 is 22.8 Å². The number of aryl methyl sites for hydroxylation is 1. The Morgan fingerprint density at radius 1 is 1.42 bits per heavy atom. The lowest BCUT2D eigenvalue weighted by Crippen LogP contribution is -2.11. The van der Waals surface area contributed by atoms with E-state index in [9.17, 15) is 0 Å². The number of nitrogens with zero attached hydrogens (tertiary/aromatic N) is 3. The van der Waals surface area contributed by atoms with Gasteiger partial charge in [0.25, 0.3) is 0 Å². The van der Waals surface area contributed by atoms with E-state index >= 15 is 0 Å². The highest BCUT2D eigenvalue weighted by molar-refractivity contribution is 6.20. The Morgan fingerprint density at radius 3 is 2.84 bits per heavy atom. The summed E-state index contributed by atoms with van der Waals surface area (Å²) in [5, 5.41) is -0.0741. The van der Waals surface area contributed by atoms with E-state index in [4.69, 9.17) is 16.6 Å². The van der Waals surface area contributed by atoms with Crippen LogP contribution in [0.5, 0.6) is 0 Å². The zero-order chi connectivity index (χ0) is 13.4. The minimum Gasteiger partial charge on any atom is -0.311 e. The SMILES string of the molecule is Cc1ccnc2c1nc(C(C)Cl)n2CC1CCCC1. The molecule has 1 saturated carbocycles. The van der Waals surface area contributed by atoms with E-state index in [1.54, 1.807) is 0 Å². The van der Waals surface area contributed by atoms with Gasteiger partial charge in [-0.2, -0.15) is 0 Å². The van der Waals surface area contributed by atoms with Crippen molar-refractivity contribution in [1.82, 2.24) is 14.5 Å². The number of pyridine rings is 1. The van der Waals surface area contributed by atoms with Crippen molar-refractivity contribution in [3.8, 4) is 0 Å². The van der Waals surface area contributed by atoms with Crippen LogP contribution in [0.2, 0.25) is 0 Å². The Bertz CT molecular complexity index is 582. The average molecular weight is 278 g/mol. The third-order valence-electron chi connectivity index (χ3n) is 4.14. The summed E-state index contributed by atoms with van der Waals surface area (Å²) in [6, 6.07) is 2.01. The van der Waals surface area contributed by atoms with Gasteiger partial charge in [0.05, 0.1) is 5.38 Å². The molecule has 1 atom stereocenters. The number of rotatable bonds is 3. The maximum absolute atomic E-state index is 6.31. The van der Waals surface area contributed by atoms with Crippen LogP contribution >= 0.6 is 11.6 Å². The highest BCUT2D eigenvalue weighted by atomic mass is 35.5. The minimum atomic E-state index is -0.0741. The lowest BCUT2D eigenvalue weighted by molar-refractivity contribution is 0.453. The van der Waals surface area contributed by atoms with Gasteiger partial charge in [-0.25, -0.2) is 9.97 Å². The summed E-state index contributed by atoms with van der Waals surface area (Å²) in [4.78, 5) is 9.25. The summed E-state index contributed by atoms with van der Waals surface area (Å²) < 4.78 is 2.25. The fraction of sp³-hybridized carbons (Fsp3) is 0.600. The first-order chi connectivity index (χ1) is 9.16. The third-order valence-corrected chi connectivity index (χ3v) is 4.33. The van der Waals surface area contributed by atoms with E-state index in [0.29, 0.717) is 0 Å². The van der Waals surface area contributed by atoms with E-state index < -0.39 is 0 Å². The minimum absolute atomic E-state index is 0.0741. The molecule has 1 aliphatic carbocycles. The topological polar surface area (TPSA) is 30.7 Å². The third kappa shape index (κ3) is 2.36. The molecule has 0 amide bonds. The number of imidazole rings is 1. The molecule has 0 aromatic carbocycles. The second-order valence-electron chi connectivity index (χ2n) is 5.65. The van der Waals surface area contributed by atoms with Crippen LogP contribution in [-0.2, 0) is 6.54 Å². The number of hydrogen-bond acceptors (Lipinski definition) is 2. The molecular weight excluding hydrogens is 258 g/mol. The van der Waals surface area contributed by atoms with Gasteiger partial charge in [0.15, 0.2) is 5.65 Å². The van der Waals surface area contributed by atoms with Crippen LogP contribution in [0.15, 0.2) is 12.3 Å². The summed E-state index contributed by atoms with van der Waals surface area (Å²) in [5.41, 5.74) is 3.17. The maximum atomic E-state index is 6.31. The van der Waals surface area contributed by atoms with Crippen molar-refractivity contribution in [2.45, 2.75) is 51.5 Å². The van der Waals surface area contributed by atoms with Crippen molar-refractivity contribution in [2.75, 3.05) is 0 Å². The molecule has 0 spiro atoms. The molecule has 3 rings (SSSR count). The fourth-order valence-corrected chi connectivity index (χ4v) is 3.26. The summed E-state index contributed by atoms with van der Waals surface area (Å²) >= 11 is 6.31. The first-order valence-corrected chi connectivity index (χ1v) is 7.56. The van der Waals surface area contributed by atoms with Crippen molar-refractivity contribution in [1.29, 1.82) is 0 Å². The number of fused-ring (bicyclic) bond motifs is 1. The predicted molar refractivity (Wildman–Crippen MR) is 78.5 cm³/mol. The van der Waals surface area contributed by atoms with Crippen LogP contribution in [0.25, 0.3) is 11.2 Å². The molecule has 0 saturated heterocycles. The number of aromatic nitrogens is 3. The molecule has 0 radical (unpaired) electrons. The first-order valence-electron chi connectivity index (χ1n) is 7.12. The highest BCUT2D eigenvalue weighted by Crippen LogP contribution is 2.31. The van der Waals surface area contributed by atoms with Crippen LogP contribution in [-0.4, -0.2) is 14.5 Å². The van der Waals surface area contributed by atoms with Crippen LogP contribution < -0.4 is 0 Å². The van der Waals surface area contributed by atoms with E-state index in [1.807, 2.05) is 19.2 Å². The molecule has 3 nitrogen and oxygen atoms in total. The van der Waals surface area contributed by atoms with E-state index in [-0.39, 0.29) is 5.38 Å². The normalized spacial score (nSPS) is 18.3. The van der Waals surface area contributed by atoms with Gasteiger partial charge in [-0.3, -0.25) is 0 Å². The van der Waals surface area contributed by atoms with Crippen molar-refractivity contribution in [2.24, 2.45) is 5.92 Å². The molecule has 1 unspecified atom stereocenters. The van der Waals surface area contributed by atoms with E-state index in [2.05, 4.69) is 16.5 Å². The molecule has 19 heavy (non-hydrogen) atoms. The molecule has 102 valence electrons. The number of halogens is 1. The Morgan fingerprint density at radius 2 is 2.16 bits per heavy atom. The first kappa shape index (κ1) is 12.9. The average Bonchev–Trinajstić information content (AvgIpc) is 2.99. The smallest absolute Gasteiger partial charge is 0.160 e. The number of hydrogen-bond donors (Lipinski definition) is 0. The fourth-order valence-electron chi connectivity index (χ4n) is 3.09. The summed E-state index contributed by atoms with van der Waals surface area (Å²) in [6.07, 6.45) is 7.22. The Labute approximate surface area is 119 Å². The number of alkyl halides is 1. The summed E-state index contributed by atoms with van der Waals surface area (Å²) in [7, 11) is 0. The Balaban J connectivity index is 2.08. The Kier molecular flexibility index (Phi) is 3.48. The monoisotopic (exact) mass is 277 g/mol. The van der Waals surface area contributed by atoms with Gasteiger partial charge >= 0.3 is 0 Å². The van der Waals surface area contributed by atoms with E-state index in [1.165, 1.54) is 31.2 Å².